The number of carbonyl (C=O) groups is 1. The van der Waals surface area contributed by atoms with Gasteiger partial charge in [0.2, 0.25) is 5.75 Å². The number of allylic oxidation sites excluding steroid dienone is 1. The monoisotopic (exact) mass is 372 g/mol. The SMILES string of the molecule is COc1cc(C(=O)C=Cc2ccc(OCCCO)cc2)cc(OC)c1OC. The third kappa shape index (κ3) is 5.49. The lowest BCUT2D eigenvalue weighted by atomic mass is 10.1. The van der Waals surface area contributed by atoms with Gasteiger partial charge in [0, 0.05) is 18.6 Å². The van der Waals surface area contributed by atoms with Crippen LogP contribution >= 0.6 is 0 Å². The number of aliphatic hydroxyl groups is 1. The minimum Gasteiger partial charge on any atom is -0.494 e. The van der Waals surface area contributed by atoms with Crippen molar-refractivity contribution >= 4 is 11.9 Å². The average molecular weight is 372 g/mol. The second kappa shape index (κ2) is 10.2. The van der Waals surface area contributed by atoms with Gasteiger partial charge < -0.3 is 24.1 Å². The van der Waals surface area contributed by atoms with E-state index in [1.807, 2.05) is 24.3 Å². The standard InChI is InChI=1S/C21H24O6/c1-24-19-13-16(14-20(25-2)21(19)26-3)18(23)10-7-15-5-8-17(9-6-15)27-12-4-11-22/h5-10,13-14,22H,4,11-12H2,1-3H3. The van der Waals surface area contributed by atoms with Crippen LogP contribution in [0.15, 0.2) is 42.5 Å². The van der Waals surface area contributed by atoms with Gasteiger partial charge >= 0.3 is 0 Å². The molecule has 0 spiro atoms. The lowest BCUT2D eigenvalue weighted by Gasteiger charge is -2.13. The van der Waals surface area contributed by atoms with Gasteiger partial charge in [-0.2, -0.15) is 0 Å². The van der Waals surface area contributed by atoms with Crippen molar-refractivity contribution in [3.8, 4) is 23.0 Å². The first kappa shape index (κ1) is 20.3. The molecule has 2 aromatic rings. The molecule has 0 aliphatic rings. The van der Waals surface area contributed by atoms with Crippen LogP contribution in [0, 0.1) is 0 Å². The van der Waals surface area contributed by atoms with Crippen LogP contribution in [0.4, 0.5) is 0 Å². The Kier molecular flexibility index (Phi) is 7.70. The summed E-state index contributed by atoms with van der Waals surface area (Å²) in [6.07, 6.45) is 3.80. The quantitative estimate of drug-likeness (QED) is 0.392. The third-order valence-electron chi connectivity index (χ3n) is 3.83. The fourth-order valence-corrected chi connectivity index (χ4v) is 2.42. The van der Waals surface area contributed by atoms with Crippen molar-refractivity contribution in [3.63, 3.8) is 0 Å². The molecule has 1 N–H and O–H groups in total. The molecule has 0 radical (unpaired) electrons. The van der Waals surface area contributed by atoms with Gasteiger partial charge in [-0.15, -0.1) is 0 Å². The number of benzene rings is 2. The lowest BCUT2D eigenvalue weighted by Crippen LogP contribution is -2.00. The maximum atomic E-state index is 12.5. The van der Waals surface area contributed by atoms with Gasteiger partial charge in [-0.3, -0.25) is 4.79 Å². The Balaban J connectivity index is 2.12. The van der Waals surface area contributed by atoms with E-state index in [0.717, 1.165) is 11.3 Å². The molecule has 0 aliphatic carbocycles. The van der Waals surface area contributed by atoms with Crippen molar-refractivity contribution in [2.75, 3.05) is 34.5 Å². The van der Waals surface area contributed by atoms with Crippen LogP contribution in [0.25, 0.3) is 6.08 Å². The number of methoxy groups -OCH3 is 3. The summed E-state index contributed by atoms with van der Waals surface area (Å²) in [4.78, 5) is 12.5. The number of aliphatic hydroxyl groups excluding tert-OH is 1. The molecular formula is C21H24O6. The Bertz CT molecular complexity index is 755. The smallest absolute Gasteiger partial charge is 0.203 e. The Labute approximate surface area is 158 Å². The first-order valence-corrected chi connectivity index (χ1v) is 8.49. The summed E-state index contributed by atoms with van der Waals surface area (Å²) in [5.41, 5.74) is 1.30. The second-order valence-electron chi connectivity index (χ2n) is 5.61. The van der Waals surface area contributed by atoms with Crippen molar-refractivity contribution in [2.45, 2.75) is 6.42 Å². The summed E-state index contributed by atoms with van der Waals surface area (Å²) >= 11 is 0. The largest absolute Gasteiger partial charge is 0.494 e. The molecule has 27 heavy (non-hydrogen) atoms. The average Bonchev–Trinajstić information content (AvgIpc) is 2.71. The zero-order valence-electron chi connectivity index (χ0n) is 15.7. The highest BCUT2D eigenvalue weighted by atomic mass is 16.5. The molecule has 6 nitrogen and oxygen atoms in total. The normalized spacial score (nSPS) is 10.7. The lowest BCUT2D eigenvalue weighted by molar-refractivity contribution is 0.104. The summed E-state index contributed by atoms with van der Waals surface area (Å²) in [5, 5.41) is 8.76. The van der Waals surface area contributed by atoms with Crippen LogP contribution in [0.5, 0.6) is 23.0 Å². The summed E-state index contributed by atoms with van der Waals surface area (Å²) in [5.74, 6) is 1.84. The summed E-state index contributed by atoms with van der Waals surface area (Å²) in [6, 6.07) is 10.6. The van der Waals surface area contributed by atoms with Crippen molar-refractivity contribution in [3.05, 3.63) is 53.6 Å². The first-order valence-electron chi connectivity index (χ1n) is 8.49. The molecule has 0 heterocycles. The van der Waals surface area contributed by atoms with E-state index in [0.29, 0.717) is 35.8 Å². The zero-order valence-corrected chi connectivity index (χ0v) is 15.7. The number of hydrogen-bond acceptors (Lipinski definition) is 6. The van der Waals surface area contributed by atoms with Crippen LogP contribution in [0.1, 0.15) is 22.3 Å². The van der Waals surface area contributed by atoms with E-state index in [9.17, 15) is 4.79 Å². The van der Waals surface area contributed by atoms with Gasteiger partial charge in [0.05, 0.1) is 27.9 Å². The van der Waals surface area contributed by atoms with E-state index in [1.54, 1.807) is 18.2 Å². The van der Waals surface area contributed by atoms with Gasteiger partial charge in [0.15, 0.2) is 17.3 Å². The van der Waals surface area contributed by atoms with Crippen LogP contribution in [0.3, 0.4) is 0 Å². The van der Waals surface area contributed by atoms with Gasteiger partial charge in [0.1, 0.15) is 5.75 Å². The Morgan fingerprint density at radius 1 is 1.00 bits per heavy atom. The van der Waals surface area contributed by atoms with Crippen molar-refractivity contribution in [1.82, 2.24) is 0 Å². The Morgan fingerprint density at radius 2 is 1.63 bits per heavy atom. The molecule has 0 amide bonds. The number of ketones is 1. The second-order valence-corrected chi connectivity index (χ2v) is 5.61. The van der Waals surface area contributed by atoms with E-state index < -0.39 is 0 Å². The molecule has 0 saturated carbocycles. The summed E-state index contributed by atoms with van der Waals surface area (Å²) < 4.78 is 21.3. The van der Waals surface area contributed by atoms with Crippen LogP contribution in [-0.2, 0) is 0 Å². The minimum atomic E-state index is -0.183. The molecule has 0 aliphatic heterocycles. The van der Waals surface area contributed by atoms with E-state index in [-0.39, 0.29) is 12.4 Å². The predicted octanol–water partition coefficient (Wildman–Crippen LogP) is 3.37. The van der Waals surface area contributed by atoms with E-state index in [1.165, 1.54) is 27.4 Å². The van der Waals surface area contributed by atoms with Gasteiger partial charge in [-0.05, 0) is 35.9 Å². The molecule has 0 unspecified atom stereocenters. The van der Waals surface area contributed by atoms with Crippen molar-refractivity contribution < 1.29 is 28.8 Å². The van der Waals surface area contributed by atoms with Gasteiger partial charge in [-0.1, -0.05) is 18.2 Å². The molecule has 0 atom stereocenters. The first-order chi connectivity index (χ1) is 13.1. The molecule has 0 aromatic heterocycles. The van der Waals surface area contributed by atoms with E-state index in [4.69, 9.17) is 24.1 Å². The molecule has 0 bridgehead atoms. The fourth-order valence-electron chi connectivity index (χ4n) is 2.42. The Hall–Kier alpha value is -2.99. The number of ether oxygens (including phenoxy) is 4. The van der Waals surface area contributed by atoms with E-state index in [2.05, 4.69) is 0 Å². The molecule has 0 fully saturated rings. The topological polar surface area (TPSA) is 74.2 Å². The van der Waals surface area contributed by atoms with E-state index >= 15 is 0 Å². The number of carbonyl (C=O) groups excluding carboxylic acids is 1. The number of rotatable bonds is 10. The minimum absolute atomic E-state index is 0.101. The maximum Gasteiger partial charge on any atom is 0.203 e. The molecule has 0 saturated heterocycles. The fraction of sp³-hybridized carbons (Fsp3) is 0.286. The van der Waals surface area contributed by atoms with Gasteiger partial charge in [-0.25, -0.2) is 0 Å². The molecule has 2 rings (SSSR count). The third-order valence-corrected chi connectivity index (χ3v) is 3.83. The predicted molar refractivity (Wildman–Crippen MR) is 103 cm³/mol. The van der Waals surface area contributed by atoms with Crippen molar-refractivity contribution in [2.24, 2.45) is 0 Å². The van der Waals surface area contributed by atoms with Crippen LogP contribution in [-0.4, -0.2) is 45.4 Å². The van der Waals surface area contributed by atoms with Gasteiger partial charge in [0.25, 0.3) is 0 Å². The molecule has 6 heteroatoms. The molecule has 2 aromatic carbocycles. The number of hydrogen-bond donors (Lipinski definition) is 1. The molecule has 144 valence electrons. The van der Waals surface area contributed by atoms with Crippen LogP contribution < -0.4 is 18.9 Å². The maximum absolute atomic E-state index is 12.5. The summed E-state index contributed by atoms with van der Waals surface area (Å²) in [7, 11) is 4.52. The Morgan fingerprint density at radius 3 is 2.15 bits per heavy atom. The highest BCUT2D eigenvalue weighted by molar-refractivity contribution is 6.07. The zero-order chi connectivity index (χ0) is 19.6. The van der Waals surface area contributed by atoms with Crippen molar-refractivity contribution in [1.29, 1.82) is 0 Å². The highest BCUT2D eigenvalue weighted by Crippen LogP contribution is 2.38. The highest BCUT2D eigenvalue weighted by Gasteiger charge is 2.15. The summed E-state index contributed by atoms with van der Waals surface area (Å²) in [6.45, 7) is 0.565. The molecular weight excluding hydrogens is 348 g/mol. The van der Waals surface area contributed by atoms with Crippen LogP contribution in [0.2, 0.25) is 0 Å².